The molecule has 7 heteroatoms. The summed E-state index contributed by atoms with van der Waals surface area (Å²) in [5.74, 6) is 0.474. The lowest BCUT2D eigenvalue weighted by Gasteiger charge is -2.14. The van der Waals surface area contributed by atoms with Gasteiger partial charge in [0.05, 0.1) is 4.90 Å². The molecule has 0 saturated heterocycles. The number of thioether (sulfide) groups is 1. The number of nitriles is 1. The Bertz CT molecular complexity index is 1140. The summed E-state index contributed by atoms with van der Waals surface area (Å²) in [5, 5.41) is 13.8. The van der Waals surface area contributed by atoms with Crippen LogP contribution in [0.15, 0.2) is 99.8 Å². The molecule has 0 unspecified atom stereocenters. The van der Waals surface area contributed by atoms with Gasteiger partial charge in [0.2, 0.25) is 9.84 Å². The largest absolute Gasteiger partial charge is 0.349 e. The second-order valence-corrected chi connectivity index (χ2v) is 9.30. The number of benzene rings is 3. The molecule has 1 N–H and O–H groups in total. The van der Waals surface area contributed by atoms with E-state index >= 15 is 0 Å². The minimum absolute atomic E-state index is 0.0796. The van der Waals surface area contributed by atoms with Crippen molar-refractivity contribution in [3.8, 4) is 6.07 Å². The van der Waals surface area contributed by atoms with E-state index in [1.165, 1.54) is 23.9 Å². The van der Waals surface area contributed by atoms with E-state index in [0.29, 0.717) is 16.5 Å². The number of hydrogen-bond acceptors (Lipinski definition) is 5. The second-order valence-electron chi connectivity index (χ2n) is 5.99. The number of hydrogen-bond donors (Lipinski definition) is 1. The molecule has 3 aromatic rings. The van der Waals surface area contributed by atoms with Gasteiger partial charge in [0.1, 0.15) is 11.1 Å². The molecule has 0 saturated carbocycles. The predicted molar refractivity (Wildman–Crippen MR) is 119 cm³/mol. The van der Waals surface area contributed by atoms with Crippen molar-refractivity contribution >= 4 is 38.9 Å². The van der Waals surface area contributed by atoms with Gasteiger partial charge in [0, 0.05) is 16.5 Å². The Labute approximate surface area is 179 Å². The van der Waals surface area contributed by atoms with Crippen LogP contribution in [0.4, 0.5) is 5.69 Å². The third-order valence-electron chi connectivity index (χ3n) is 3.96. The van der Waals surface area contributed by atoms with Crippen LogP contribution in [0.25, 0.3) is 0 Å². The number of nitrogens with zero attached hydrogens (tertiary/aromatic N) is 1. The first-order valence-corrected chi connectivity index (χ1v) is 11.5. The summed E-state index contributed by atoms with van der Waals surface area (Å²) in [4.78, 5) is -0.234. The molecule has 4 nitrogen and oxygen atoms in total. The van der Waals surface area contributed by atoms with Gasteiger partial charge in [0.15, 0.2) is 4.91 Å². The topological polar surface area (TPSA) is 70.0 Å². The van der Waals surface area contributed by atoms with Gasteiger partial charge in [-0.3, -0.25) is 0 Å². The summed E-state index contributed by atoms with van der Waals surface area (Å²) in [7, 11) is -3.97. The Balaban J connectivity index is 2.01. The van der Waals surface area contributed by atoms with Crippen molar-refractivity contribution in [2.24, 2.45) is 0 Å². The highest BCUT2D eigenvalue weighted by Crippen LogP contribution is 2.31. The van der Waals surface area contributed by atoms with Crippen LogP contribution < -0.4 is 5.32 Å². The van der Waals surface area contributed by atoms with Gasteiger partial charge in [-0.2, -0.15) is 5.26 Å². The van der Waals surface area contributed by atoms with Gasteiger partial charge in [-0.1, -0.05) is 60.1 Å². The highest BCUT2D eigenvalue weighted by Gasteiger charge is 2.25. The average molecular weight is 441 g/mol. The summed E-state index contributed by atoms with van der Waals surface area (Å²) in [5.41, 5.74) is 1.66. The molecule has 3 rings (SSSR count). The van der Waals surface area contributed by atoms with E-state index < -0.39 is 9.84 Å². The number of para-hydroxylation sites is 1. The Morgan fingerprint density at radius 3 is 2.10 bits per heavy atom. The van der Waals surface area contributed by atoms with E-state index in [4.69, 9.17) is 11.6 Å². The molecule has 0 aromatic heterocycles. The molecule has 0 radical (unpaired) electrons. The molecule has 0 fully saturated rings. The fraction of sp³-hybridized carbons (Fsp3) is 0.0455. The molecule has 29 heavy (non-hydrogen) atoms. The summed E-state index contributed by atoms with van der Waals surface area (Å²) in [6.45, 7) is 0. The minimum atomic E-state index is -3.97. The summed E-state index contributed by atoms with van der Waals surface area (Å²) < 4.78 is 26.2. The monoisotopic (exact) mass is 440 g/mol. The fourth-order valence-electron chi connectivity index (χ4n) is 2.50. The molecule has 0 aliphatic heterocycles. The van der Waals surface area contributed by atoms with Crippen LogP contribution in [0.3, 0.4) is 0 Å². The first-order valence-electron chi connectivity index (χ1n) is 8.64. The number of sulfone groups is 1. The van der Waals surface area contributed by atoms with Crippen LogP contribution in [0.1, 0.15) is 5.56 Å². The van der Waals surface area contributed by atoms with E-state index in [1.807, 2.05) is 48.5 Å². The quantitative estimate of drug-likeness (QED) is 0.466. The lowest BCUT2D eigenvalue weighted by molar-refractivity contribution is 0.603. The lowest BCUT2D eigenvalue weighted by atomic mass is 10.2. The Morgan fingerprint density at radius 2 is 1.52 bits per heavy atom. The zero-order valence-electron chi connectivity index (χ0n) is 15.2. The number of halogens is 1. The molecule has 3 aromatic carbocycles. The fourth-order valence-corrected chi connectivity index (χ4v) is 5.17. The summed E-state index contributed by atoms with van der Waals surface area (Å²) in [6.07, 6.45) is 0. The molecule has 0 aliphatic rings. The van der Waals surface area contributed by atoms with Crippen LogP contribution >= 0.6 is 23.4 Å². The van der Waals surface area contributed by atoms with Crippen molar-refractivity contribution in [1.82, 2.24) is 0 Å². The minimum Gasteiger partial charge on any atom is -0.349 e. The molecule has 0 heterocycles. The van der Waals surface area contributed by atoms with Crippen LogP contribution in [0, 0.1) is 11.3 Å². The number of anilines is 1. The van der Waals surface area contributed by atoms with Gasteiger partial charge < -0.3 is 5.32 Å². The Hall–Kier alpha value is -2.72. The van der Waals surface area contributed by atoms with Crippen molar-refractivity contribution < 1.29 is 8.42 Å². The maximum Gasteiger partial charge on any atom is 0.219 e. The molecule has 0 atom stereocenters. The second kappa shape index (κ2) is 9.66. The zero-order valence-corrected chi connectivity index (χ0v) is 17.6. The molecule has 0 aliphatic carbocycles. The normalized spacial score (nSPS) is 12.0. The zero-order chi connectivity index (χ0) is 20.7. The lowest BCUT2D eigenvalue weighted by Crippen LogP contribution is -2.10. The first-order chi connectivity index (χ1) is 14.0. The number of nitrogens with one attached hydrogen (secondary N) is 1. The van der Waals surface area contributed by atoms with Crippen molar-refractivity contribution in [1.29, 1.82) is 5.26 Å². The van der Waals surface area contributed by atoms with Gasteiger partial charge in [-0.25, -0.2) is 8.42 Å². The van der Waals surface area contributed by atoms with Crippen LogP contribution in [0.5, 0.6) is 0 Å². The van der Waals surface area contributed by atoms with Crippen molar-refractivity contribution in [3.05, 3.63) is 105 Å². The molecule has 0 spiro atoms. The number of rotatable bonds is 7. The summed E-state index contributed by atoms with van der Waals surface area (Å²) in [6, 6.07) is 26.3. The van der Waals surface area contributed by atoms with Gasteiger partial charge >= 0.3 is 0 Å². The van der Waals surface area contributed by atoms with Crippen LogP contribution in [0.2, 0.25) is 5.02 Å². The maximum absolute atomic E-state index is 13.1. The standard InChI is InChI=1S/C22H17ClN2O2S2/c23-18-13-11-17(12-14-18)16-28-22(25-19-7-3-1-4-8-19)21(15-24)29(26,27)20-9-5-2-6-10-20/h1-14,25H,16H2. The Kier molecular flexibility index (Phi) is 6.99. The Morgan fingerprint density at radius 1 is 0.931 bits per heavy atom. The molecular weight excluding hydrogens is 424 g/mol. The van der Waals surface area contributed by atoms with Crippen molar-refractivity contribution in [2.75, 3.05) is 5.32 Å². The average Bonchev–Trinajstić information content (AvgIpc) is 2.75. The van der Waals surface area contributed by atoms with E-state index in [-0.39, 0.29) is 14.8 Å². The van der Waals surface area contributed by atoms with Crippen LogP contribution in [-0.2, 0) is 15.6 Å². The molecule has 0 bridgehead atoms. The first kappa shape index (κ1) is 21.0. The third kappa shape index (κ3) is 5.42. The third-order valence-corrected chi connectivity index (χ3v) is 7.14. The SMILES string of the molecule is N#CC(=C(Nc1ccccc1)SCc1ccc(Cl)cc1)S(=O)(=O)c1ccccc1. The van der Waals surface area contributed by atoms with Crippen LogP contribution in [-0.4, -0.2) is 8.42 Å². The molecule has 0 amide bonds. The van der Waals surface area contributed by atoms with E-state index in [0.717, 1.165) is 5.56 Å². The van der Waals surface area contributed by atoms with Crippen molar-refractivity contribution in [2.45, 2.75) is 10.6 Å². The predicted octanol–water partition coefficient (Wildman–Crippen LogP) is 5.85. The van der Waals surface area contributed by atoms with E-state index in [9.17, 15) is 13.7 Å². The van der Waals surface area contributed by atoms with Gasteiger partial charge in [-0.15, -0.1) is 11.8 Å². The van der Waals surface area contributed by atoms with Crippen molar-refractivity contribution in [3.63, 3.8) is 0 Å². The van der Waals surface area contributed by atoms with E-state index in [2.05, 4.69) is 5.32 Å². The van der Waals surface area contributed by atoms with Gasteiger partial charge in [-0.05, 0) is 42.0 Å². The summed E-state index contributed by atoms with van der Waals surface area (Å²) >= 11 is 7.18. The van der Waals surface area contributed by atoms with E-state index in [1.54, 1.807) is 30.3 Å². The maximum atomic E-state index is 13.1. The number of allylic oxidation sites excluding steroid dienone is 1. The highest BCUT2D eigenvalue weighted by molar-refractivity contribution is 8.04. The molecule has 146 valence electrons. The highest BCUT2D eigenvalue weighted by atomic mass is 35.5. The van der Waals surface area contributed by atoms with Gasteiger partial charge in [0.25, 0.3) is 0 Å². The molecular formula is C22H17ClN2O2S2. The smallest absolute Gasteiger partial charge is 0.219 e.